The molecular formula is C27H24F2N3NaO5. The molecule has 192 valence electrons. The van der Waals surface area contributed by atoms with E-state index in [0.29, 0.717) is 35.9 Å². The molecule has 11 heteroatoms. The fourth-order valence-electron chi connectivity index (χ4n) is 4.80. The van der Waals surface area contributed by atoms with E-state index in [4.69, 9.17) is 18.9 Å². The van der Waals surface area contributed by atoms with Crippen LogP contribution in [0.1, 0.15) is 37.1 Å². The minimum atomic E-state index is -0.975. The second-order valence-corrected chi connectivity index (χ2v) is 8.78. The molecule has 3 aromatic carbocycles. The molecule has 2 aliphatic rings. The third kappa shape index (κ3) is 4.57. The molecule has 1 N–H and O–H groups in total. The van der Waals surface area contributed by atoms with Gasteiger partial charge < -0.3 is 24.3 Å². The number of rotatable bonds is 6. The van der Waals surface area contributed by atoms with Gasteiger partial charge in [-0.1, -0.05) is 12.1 Å². The quantitative estimate of drug-likeness (QED) is 0.288. The Hall–Kier alpha value is -3.34. The van der Waals surface area contributed by atoms with Crippen molar-refractivity contribution in [2.75, 3.05) is 25.1 Å². The van der Waals surface area contributed by atoms with Gasteiger partial charge in [0.25, 0.3) is 0 Å². The number of benzene rings is 3. The third-order valence-electron chi connectivity index (χ3n) is 6.37. The third-order valence-corrected chi connectivity index (χ3v) is 6.37. The number of nitrogens with one attached hydrogen (secondary N) is 1. The van der Waals surface area contributed by atoms with E-state index in [-0.39, 0.29) is 59.7 Å². The van der Waals surface area contributed by atoms with E-state index in [1.165, 1.54) is 6.92 Å². The number of carbonyl (C=O) groups excluding carboxylic acids is 1. The van der Waals surface area contributed by atoms with Gasteiger partial charge >= 0.3 is 41.5 Å². The number of carbonyl (C=O) groups is 1. The number of aromatic nitrogens is 2. The van der Waals surface area contributed by atoms with Crippen molar-refractivity contribution in [1.29, 1.82) is 0 Å². The zero-order valence-electron chi connectivity index (χ0n) is 20.1. The van der Waals surface area contributed by atoms with E-state index in [1.54, 1.807) is 4.57 Å². The van der Waals surface area contributed by atoms with Crippen LogP contribution in [-0.4, -0.2) is 64.9 Å². The van der Waals surface area contributed by atoms with Crippen LogP contribution in [0.4, 0.5) is 14.5 Å². The fourth-order valence-corrected chi connectivity index (χ4v) is 4.80. The summed E-state index contributed by atoms with van der Waals surface area (Å²) >= 11 is 0. The SMILES string of the molecule is CCOc1nc2cc(F)c(F)cc2n1-c1cccc2c1OC[C@H]2Nc1ccc2c(c1)OC[C@H]2OC(C)=O.[NaH]. The van der Waals surface area contributed by atoms with E-state index in [2.05, 4.69) is 10.3 Å². The van der Waals surface area contributed by atoms with E-state index < -0.39 is 17.7 Å². The maximum atomic E-state index is 14.2. The first-order valence-electron chi connectivity index (χ1n) is 11.9. The van der Waals surface area contributed by atoms with Crippen LogP contribution in [0.3, 0.4) is 0 Å². The van der Waals surface area contributed by atoms with Crippen molar-refractivity contribution in [2.24, 2.45) is 0 Å². The molecule has 4 aromatic rings. The minimum absolute atomic E-state index is 0. The standard InChI is InChI=1S/C27H23F2N3O5.Na.H/c1-3-34-27-31-20-10-18(28)19(29)11-23(20)32(27)22-6-4-5-16-21(12-36-26(16)22)30-15-7-8-17-24(9-15)35-13-25(17)37-14(2)33;;/h4-11,21,25,30H,3,12-13H2,1-2H3;;/t21-,25-;;/m1../s1. The molecule has 0 aliphatic carbocycles. The molecule has 38 heavy (non-hydrogen) atoms. The van der Waals surface area contributed by atoms with Gasteiger partial charge in [-0.25, -0.2) is 8.78 Å². The number of anilines is 1. The summed E-state index contributed by atoms with van der Waals surface area (Å²) in [6.07, 6.45) is -0.414. The van der Waals surface area contributed by atoms with Crippen molar-refractivity contribution in [1.82, 2.24) is 9.55 Å². The monoisotopic (exact) mass is 531 g/mol. The Labute approximate surface area is 239 Å². The average Bonchev–Trinajstić information content (AvgIpc) is 3.55. The van der Waals surface area contributed by atoms with E-state index in [0.717, 1.165) is 28.9 Å². The first kappa shape index (κ1) is 26.3. The molecule has 0 fully saturated rings. The van der Waals surface area contributed by atoms with Gasteiger partial charge in [0.2, 0.25) is 0 Å². The molecule has 0 bridgehead atoms. The molecular weight excluding hydrogens is 507 g/mol. The van der Waals surface area contributed by atoms with E-state index in [1.807, 2.05) is 43.3 Å². The number of para-hydroxylation sites is 1. The average molecular weight is 531 g/mol. The second kappa shape index (κ2) is 10.4. The van der Waals surface area contributed by atoms with E-state index in [9.17, 15) is 13.6 Å². The molecule has 2 aliphatic heterocycles. The predicted molar refractivity (Wildman–Crippen MR) is 138 cm³/mol. The van der Waals surface area contributed by atoms with Crippen LogP contribution >= 0.6 is 0 Å². The Morgan fingerprint density at radius 1 is 1.11 bits per heavy atom. The molecule has 1 aromatic heterocycles. The maximum absolute atomic E-state index is 14.2. The second-order valence-electron chi connectivity index (χ2n) is 8.78. The van der Waals surface area contributed by atoms with Crippen LogP contribution in [0.25, 0.3) is 16.7 Å². The van der Waals surface area contributed by atoms with Gasteiger partial charge in [0.15, 0.2) is 17.7 Å². The van der Waals surface area contributed by atoms with Crippen LogP contribution < -0.4 is 19.5 Å². The predicted octanol–water partition coefficient (Wildman–Crippen LogP) is 4.60. The van der Waals surface area contributed by atoms with Crippen molar-refractivity contribution >= 4 is 52.2 Å². The first-order valence-corrected chi connectivity index (χ1v) is 11.9. The van der Waals surface area contributed by atoms with Crippen molar-refractivity contribution in [3.05, 3.63) is 71.3 Å². The molecule has 0 amide bonds. The van der Waals surface area contributed by atoms with Gasteiger partial charge in [-0.05, 0) is 25.1 Å². The normalized spacial score (nSPS) is 17.2. The van der Waals surface area contributed by atoms with Crippen molar-refractivity contribution < 1.29 is 32.5 Å². The Balaban J connectivity index is 0.00000294. The topological polar surface area (TPSA) is 83.8 Å². The Bertz CT molecular complexity index is 1540. The summed E-state index contributed by atoms with van der Waals surface area (Å²) in [7, 11) is 0. The molecule has 3 heterocycles. The van der Waals surface area contributed by atoms with Gasteiger partial charge in [0, 0.05) is 41.9 Å². The van der Waals surface area contributed by atoms with Crippen LogP contribution in [0.15, 0.2) is 48.5 Å². The van der Waals surface area contributed by atoms with Gasteiger partial charge in [0.05, 0.1) is 29.4 Å². The summed E-state index contributed by atoms with van der Waals surface area (Å²) < 4.78 is 52.5. The molecule has 8 nitrogen and oxygen atoms in total. The summed E-state index contributed by atoms with van der Waals surface area (Å²) in [5.74, 6) is -1.05. The number of esters is 1. The number of hydrogen-bond acceptors (Lipinski definition) is 7. The van der Waals surface area contributed by atoms with Gasteiger partial charge in [-0.15, -0.1) is 0 Å². The molecule has 0 spiro atoms. The van der Waals surface area contributed by atoms with Crippen LogP contribution in [-0.2, 0) is 9.53 Å². The van der Waals surface area contributed by atoms with Crippen LogP contribution in [0, 0.1) is 11.6 Å². The summed E-state index contributed by atoms with van der Waals surface area (Å²) in [5.41, 5.74) is 3.79. The summed E-state index contributed by atoms with van der Waals surface area (Å²) in [6.45, 7) is 4.14. The van der Waals surface area contributed by atoms with Crippen LogP contribution in [0.2, 0.25) is 0 Å². The summed E-state index contributed by atoms with van der Waals surface area (Å²) in [4.78, 5) is 15.7. The molecule has 2 atom stereocenters. The zero-order chi connectivity index (χ0) is 25.7. The fraction of sp³-hybridized carbons (Fsp3) is 0.259. The number of nitrogens with zero attached hydrogens (tertiary/aromatic N) is 2. The zero-order valence-corrected chi connectivity index (χ0v) is 20.1. The molecule has 0 radical (unpaired) electrons. The Kier molecular flexibility index (Phi) is 7.21. The van der Waals surface area contributed by atoms with Crippen molar-refractivity contribution in [3.8, 4) is 23.2 Å². The molecule has 6 rings (SSSR count). The number of hydrogen-bond donors (Lipinski definition) is 1. The number of halogens is 2. The van der Waals surface area contributed by atoms with Gasteiger partial charge in [-0.3, -0.25) is 9.36 Å². The Morgan fingerprint density at radius 2 is 1.92 bits per heavy atom. The van der Waals surface area contributed by atoms with Crippen molar-refractivity contribution in [3.63, 3.8) is 0 Å². The summed E-state index contributed by atoms with van der Waals surface area (Å²) in [5, 5.41) is 3.47. The Morgan fingerprint density at radius 3 is 2.71 bits per heavy atom. The van der Waals surface area contributed by atoms with Crippen molar-refractivity contribution in [2.45, 2.75) is 26.0 Å². The molecule has 0 unspecified atom stereocenters. The number of ether oxygens (including phenoxy) is 4. The van der Waals surface area contributed by atoms with Gasteiger partial charge in [-0.2, -0.15) is 4.98 Å². The first-order chi connectivity index (χ1) is 17.9. The van der Waals surface area contributed by atoms with Crippen LogP contribution in [0.5, 0.6) is 17.5 Å². The van der Waals surface area contributed by atoms with Gasteiger partial charge in [0.1, 0.15) is 24.7 Å². The van der Waals surface area contributed by atoms with E-state index >= 15 is 0 Å². The molecule has 0 saturated heterocycles. The number of fused-ring (bicyclic) bond motifs is 3. The number of imidazole rings is 1. The summed E-state index contributed by atoms with van der Waals surface area (Å²) in [6, 6.07) is 13.5. The molecule has 0 saturated carbocycles.